The highest BCUT2D eigenvalue weighted by Crippen LogP contribution is 2.36. The average Bonchev–Trinajstić information content (AvgIpc) is 3.33. The Bertz CT molecular complexity index is 2010. The van der Waals surface area contributed by atoms with Gasteiger partial charge in [0, 0.05) is 48.8 Å². The van der Waals surface area contributed by atoms with Crippen molar-refractivity contribution in [2.45, 2.75) is 39.0 Å². The summed E-state index contributed by atoms with van der Waals surface area (Å²) in [5.74, 6) is 5.49. The molecule has 1 aliphatic rings. The highest BCUT2D eigenvalue weighted by molar-refractivity contribution is 6.31. The van der Waals surface area contributed by atoms with Crippen molar-refractivity contribution in [2.24, 2.45) is 7.05 Å². The maximum atomic E-state index is 13.3. The number of amides is 4. The Hall–Kier alpha value is -5.55. The summed E-state index contributed by atoms with van der Waals surface area (Å²) in [6.45, 7) is 5.31. The normalized spacial score (nSPS) is 12.9. The first-order valence-corrected chi connectivity index (χ1v) is 14.8. The van der Waals surface area contributed by atoms with Gasteiger partial charge in [-0.05, 0) is 63.2 Å². The van der Waals surface area contributed by atoms with Gasteiger partial charge in [-0.2, -0.15) is 13.2 Å². The molecule has 15 heteroatoms. The Labute approximate surface area is 278 Å². The molecule has 0 bridgehead atoms. The molecular weight excluding hydrogens is 651 g/mol. The number of anilines is 3. The minimum atomic E-state index is -4.69. The molecule has 4 N–H and O–H groups in total. The molecule has 48 heavy (non-hydrogen) atoms. The fourth-order valence-corrected chi connectivity index (χ4v) is 5.15. The quantitative estimate of drug-likeness (QED) is 0.204. The zero-order chi connectivity index (χ0) is 35.0. The summed E-state index contributed by atoms with van der Waals surface area (Å²) < 4.78 is 46.8. The van der Waals surface area contributed by atoms with Gasteiger partial charge in [0.15, 0.2) is 0 Å². The van der Waals surface area contributed by atoms with Gasteiger partial charge in [-0.3, -0.25) is 4.79 Å². The first-order valence-electron chi connectivity index (χ1n) is 14.4. The number of benzene rings is 2. The van der Waals surface area contributed by atoms with E-state index < -0.39 is 40.4 Å². The minimum Gasteiger partial charge on any atom is -0.443 e. The molecule has 11 nitrogen and oxygen atoms in total. The van der Waals surface area contributed by atoms with Gasteiger partial charge in [-0.15, -0.1) is 0 Å². The third kappa shape index (κ3) is 7.53. The SMILES string of the molecule is Cn1c(-c2nc(N)ncc2C#Cc2cccc(NC(=O)Nc3ccc(Cl)c(C(F)(F)F)c3)c2)cc2c1CCN(C(=O)OC(C)(C)C)C2=O. The molecule has 0 fully saturated rings. The maximum absolute atomic E-state index is 13.3. The number of hydrogen-bond acceptors (Lipinski definition) is 7. The second kappa shape index (κ2) is 12.9. The largest absolute Gasteiger partial charge is 0.443 e. The van der Waals surface area contributed by atoms with E-state index in [1.165, 1.54) is 12.3 Å². The van der Waals surface area contributed by atoms with Gasteiger partial charge < -0.3 is 25.7 Å². The zero-order valence-corrected chi connectivity index (χ0v) is 26.9. The Morgan fingerprint density at radius 3 is 2.44 bits per heavy atom. The number of aromatic nitrogens is 3. The molecule has 0 unspecified atom stereocenters. The van der Waals surface area contributed by atoms with Crippen molar-refractivity contribution in [1.29, 1.82) is 0 Å². The minimum absolute atomic E-state index is 0.0170. The second-order valence-electron chi connectivity index (χ2n) is 11.7. The molecule has 5 rings (SSSR count). The number of alkyl halides is 3. The van der Waals surface area contributed by atoms with Crippen molar-refractivity contribution < 1.29 is 32.3 Å². The van der Waals surface area contributed by atoms with Gasteiger partial charge in [-0.25, -0.2) is 24.5 Å². The number of carbonyl (C=O) groups excluding carboxylic acids is 3. The van der Waals surface area contributed by atoms with Gasteiger partial charge in [0.05, 0.1) is 27.4 Å². The van der Waals surface area contributed by atoms with E-state index in [2.05, 4.69) is 32.4 Å². The highest BCUT2D eigenvalue weighted by Gasteiger charge is 2.35. The van der Waals surface area contributed by atoms with Crippen LogP contribution in [0.1, 0.15) is 53.5 Å². The van der Waals surface area contributed by atoms with Crippen molar-refractivity contribution in [2.75, 3.05) is 22.9 Å². The lowest BCUT2D eigenvalue weighted by Crippen LogP contribution is -2.44. The van der Waals surface area contributed by atoms with Crippen LogP contribution in [0.15, 0.2) is 54.7 Å². The molecule has 4 aromatic rings. The van der Waals surface area contributed by atoms with Gasteiger partial charge >= 0.3 is 18.3 Å². The Balaban J connectivity index is 1.37. The zero-order valence-electron chi connectivity index (χ0n) is 26.1. The molecule has 0 saturated carbocycles. The van der Waals surface area contributed by atoms with E-state index in [9.17, 15) is 27.6 Å². The summed E-state index contributed by atoms with van der Waals surface area (Å²) in [6, 6.07) is 10.4. The predicted molar refractivity (Wildman–Crippen MR) is 173 cm³/mol. The van der Waals surface area contributed by atoms with Crippen molar-refractivity contribution in [3.8, 4) is 23.2 Å². The van der Waals surface area contributed by atoms with Crippen LogP contribution in [0.3, 0.4) is 0 Å². The lowest BCUT2D eigenvalue weighted by atomic mass is 10.1. The second-order valence-corrected chi connectivity index (χ2v) is 12.1. The Morgan fingerprint density at radius 1 is 1.04 bits per heavy atom. The topological polar surface area (TPSA) is 144 Å². The molecule has 1 aliphatic heterocycles. The van der Waals surface area contributed by atoms with Crippen LogP contribution in [0.5, 0.6) is 0 Å². The Morgan fingerprint density at radius 2 is 1.75 bits per heavy atom. The number of ether oxygens (including phenoxy) is 1. The summed E-state index contributed by atoms with van der Waals surface area (Å²) >= 11 is 5.65. The number of nitrogens with one attached hydrogen (secondary N) is 2. The highest BCUT2D eigenvalue weighted by atomic mass is 35.5. The van der Waals surface area contributed by atoms with Crippen LogP contribution >= 0.6 is 11.6 Å². The van der Waals surface area contributed by atoms with E-state index in [1.54, 1.807) is 62.7 Å². The molecule has 2 aromatic carbocycles. The molecule has 0 saturated heterocycles. The van der Waals surface area contributed by atoms with Gasteiger partial charge in [0.25, 0.3) is 5.91 Å². The van der Waals surface area contributed by atoms with Crippen molar-refractivity contribution >= 4 is 47.0 Å². The van der Waals surface area contributed by atoms with Gasteiger partial charge in [0.2, 0.25) is 5.95 Å². The lowest BCUT2D eigenvalue weighted by molar-refractivity contribution is -0.137. The maximum Gasteiger partial charge on any atom is 0.417 e. The van der Waals surface area contributed by atoms with Crippen LogP contribution in [-0.2, 0) is 24.4 Å². The van der Waals surface area contributed by atoms with E-state index >= 15 is 0 Å². The summed E-state index contributed by atoms with van der Waals surface area (Å²) in [6.07, 6.45) is -3.57. The molecule has 0 spiro atoms. The average molecular weight is 680 g/mol. The fraction of sp³-hybridized carbons (Fsp3) is 0.242. The van der Waals surface area contributed by atoms with Crippen LogP contribution < -0.4 is 16.4 Å². The number of nitrogen functional groups attached to an aromatic ring is 1. The number of hydrogen-bond donors (Lipinski definition) is 3. The first-order chi connectivity index (χ1) is 22.5. The fourth-order valence-electron chi connectivity index (χ4n) is 4.92. The van der Waals surface area contributed by atoms with Gasteiger partial charge in [0.1, 0.15) is 11.3 Å². The number of carbonyl (C=O) groups is 3. The molecule has 4 amide bonds. The third-order valence-electron chi connectivity index (χ3n) is 7.06. The molecule has 2 aromatic heterocycles. The van der Waals surface area contributed by atoms with Crippen LogP contribution in [0.2, 0.25) is 5.02 Å². The van der Waals surface area contributed by atoms with Crippen molar-refractivity contribution in [1.82, 2.24) is 19.4 Å². The van der Waals surface area contributed by atoms with E-state index in [1.807, 2.05) is 0 Å². The smallest absolute Gasteiger partial charge is 0.417 e. The summed E-state index contributed by atoms with van der Waals surface area (Å²) in [5, 5.41) is 4.44. The lowest BCUT2D eigenvalue weighted by Gasteiger charge is -2.28. The van der Waals surface area contributed by atoms with E-state index in [-0.39, 0.29) is 18.2 Å². The monoisotopic (exact) mass is 679 g/mol. The molecule has 0 atom stereocenters. The molecule has 3 heterocycles. The van der Waals surface area contributed by atoms with Crippen molar-refractivity contribution in [3.05, 3.63) is 87.7 Å². The van der Waals surface area contributed by atoms with E-state index in [0.717, 1.165) is 17.0 Å². The summed E-state index contributed by atoms with van der Waals surface area (Å²) in [5.41, 5.74) is 7.09. The number of nitrogens with zero attached hydrogens (tertiary/aromatic N) is 4. The predicted octanol–water partition coefficient (Wildman–Crippen LogP) is 6.71. The van der Waals surface area contributed by atoms with Crippen LogP contribution in [0.4, 0.5) is 40.1 Å². The van der Waals surface area contributed by atoms with Crippen LogP contribution in [0.25, 0.3) is 11.4 Å². The number of rotatable bonds is 3. The Kier molecular flexibility index (Phi) is 9.10. The molecule has 248 valence electrons. The van der Waals surface area contributed by atoms with Crippen LogP contribution in [0, 0.1) is 11.8 Å². The number of halogens is 4. The number of fused-ring (bicyclic) bond motifs is 1. The number of urea groups is 1. The number of imide groups is 1. The first kappa shape index (κ1) is 33.8. The van der Waals surface area contributed by atoms with E-state index in [4.69, 9.17) is 22.1 Å². The molecule has 0 aliphatic carbocycles. The molecule has 0 radical (unpaired) electrons. The van der Waals surface area contributed by atoms with Crippen molar-refractivity contribution in [3.63, 3.8) is 0 Å². The standard InChI is InChI=1S/C33H29ClF3N7O4/c1-32(2,3)48-31(47)44-13-12-25-22(28(44)45)16-26(43(25)4)27-19(17-39-29(38)42-27)9-8-18-6-5-7-20(14-18)40-30(46)41-21-10-11-24(34)23(15-21)33(35,36)37/h5-7,10-11,14-17H,12-13H2,1-4H3,(H2,38,39,42)(H2,40,41,46). The third-order valence-corrected chi connectivity index (χ3v) is 7.39. The summed E-state index contributed by atoms with van der Waals surface area (Å²) in [7, 11) is 1.77. The van der Waals surface area contributed by atoms with Gasteiger partial charge in [-0.1, -0.05) is 29.5 Å². The van der Waals surface area contributed by atoms with E-state index in [0.29, 0.717) is 45.9 Å². The number of nitrogens with two attached hydrogens (primary N) is 1. The summed E-state index contributed by atoms with van der Waals surface area (Å²) in [4.78, 5) is 48.1. The van der Waals surface area contributed by atoms with Crippen LogP contribution in [-0.4, -0.2) is 49.6 Å². The molecular formula is C33H29ClF3N7O4.